The molecule has 0 aliphatic heterocycles. The molecule has 1 amide bonds. The zero-order valence-corrected chi connectivity index (χ0v) is 17.6. The van der Waals surface area contributed by atoms with Crippen LogP contribution in [0.4, 0.5) is 0 Å². The number of nitrogens with one attached hydrogen (secondary N) is 1. The number of thioether (sulfide) groups is 1. The van der Waals surface area contributed by atoms with Crippen LogP contribution in [0.25, 0.3) is 0 Å². The van der Waals surface area contributed by atoms with Gasteiger partial charge in [0.05, 0.1) is 5.25 Å². The van der Waals surface area contributed by atoms with Gasteiger partial charge in [-0.25, -0.2) is 4.68 Å². The largest absolute Gasteiger partial charge is 0.485 e. The van der Waals surface area contributed by atoms with Gasteiger partial charge in [0.1, 0.15) is 12.4 Å². The number of aromatic nitrogens is 3. The molecule has 3 N–H and O–H groups in total. The van der Waals surface area contributed by atoms with Gasteiger partial charge in [0.15, 0.2) is 5.82 Å². The van der Waals surface area contributed by atoms with Crippen LogP contribution in [-0.2, 0) is 17.9 Å². The molecule has 3 rings (SSSR count). The zero-order chi connectivity index (χ0) is 19.9. The van der Waals surface area contributed by atoms with Crippen molar-refractivity contribution in [1.29, 1.82) is 0 Å². The van der Waals surface area contributed by atoms with Gasteiger partial charge in [0.2, 0.25) is 11.1 Å². The third kappa shape index (κ3) is 5.49. The molecule has 0 saturated heterocycles. The minimum absolute atomic E-state index is 0.0937. The van der Waals surface area contributed by atoms with Gasteiger partial charge in [-0.05, 0) is 30.7 Å². The predicted octanol–water partition coefficient (Wildman–Crippen LogP) is 3.13. The maximum absolute atomic E-state index is 12.3. The summed E-state index contributed by atoms with van der Waals surface area (Å²) in [4.78, 5) is 12.3. The minimum atomic E-state index is -0.367. The topological polar surface area (TPSA) is 95.1 Å². The number of hydrogen-bond acceptors (Lipinski definition) is 6. The van der Waals surface area contributed by atoms with Gasteiger partial charge in [0, 0.05) is 11.0 Å². The molecule has 1 heterocycles. The van der Waals surface area contributed by atoms with Crippen molar-refractivity contribution in [1.82, 2.24) is 20.2 Å². The van der Waals surface area contributed by atoms with Crippen LogP contribution in [0.2, 0.25) is 0 Å². The van der Waals surface area contributed by atoms with Gasteiger partial charge in [-0.1, -0.05) is 64.1 Å². The molecule has 0 aliphatic carbocycles. The Labute approximate surface area is 175 Å². The van der Waals surface area contributed by atoms with Crippen LogP contribution in [0, 0.1) is 0 Å². The highest BCUT2D eigenvalue weighted by Gasteiger charge is 2.19. The van der Waals surface area contributed by atoms with Crippen molar-refractivity contribution in [3.05, 3.63) is 70.5 Å². The first-order chi connectivity index (χ1) is 13.5. The summed E-state index contributed by atoms with van der Waals surface area (Å²) >= 11 is 4.64. The average Bonchev–Trinajstić information content (AvgIpc) is 3.05. The summed E-state index contributed by atoms with van der Waals surface area (Å²) in [6, 6.07) is 17.2. The summed E-state index contributed by atoms with van der Waals surface area (Å²) in [5.74, 6) is 7.13. The van der Waals surface area contributed by atoms with Crippen molar-refractivity contribution in [2.75, 3.05) is 5.84 Å². The van der Waals surface area contributed by atoms with E-state index in [4.69, 9.17) is 10.6 Å². The summed E-state index contributed by atoms with van der Waals surface area (Å²) in [6.45, 7) is 2.46. The molecule has 1 aromatic heterocycles. The van der Waals surface area contributed by atoms with E-state index in [2.05, 4.69) is 31.4 Å². The Balaban J connectivity index is 1.53. The van der Waals surface area contributed by atoms with Crippen molar-refractivity contribution in [2.45, 2.75) is 30.5 Å². The molecule has 0 spiro atoms. The van der Waals surface area contributed by atoms with Crippen molar-refractivity contribution >= 4 is 33.6 Å². The van der Waals surface area contributed by atoms with Gasteiger partial charge in [-0.3, -0.25) is 4.79 Å². The first kappa shape index (κ1) is 20.2. The van der Waals surface area contributed by atoms with E-state index in [9.17, 15) is 4.79 Å². The normalized spacial score (nSPS) is 11.8. The molecule has 146 valence electrons. The van der Waals surface area contributed by atoms with Crippen LogP contribution in [0.3, 0.4) is 0 Å². The maximum atomic E-state index is 12.3. The minimum Gasteiger partial charge on any atom is -0.485 e. The molecular weight excluding hydrogens is 442 g/mol. The molecule has 3 aromatic rings. The highest BCUT2D eigenvalue weighted by atomic mass is 79.9. The Morgan fingerprint density at radius 3 is 2.79 bits per heavy atom. The average molecular weight is 462 g/mol. The fourth-order valence-electron chi connectivity index (χ4n) is 2.33. The van der Waals surface area contributed by atoms with E-state index in [1.807, 2.05) is 54.6 Å². The van der Waals surface area contributed by atoms with Crippen LogP contribution >= 0.6 is 27.7 Å². The van der Waals surface area contributed by atoms with E-state index in [0.29, 0.717) is 23.3 Å². The SMILES string of the molecule is CC(Sc1nnc(COc2cccc(Br)c2)n1N)C(=O)NCc1ccccc1. The van der Waals surface area contributed by atoms with E-state index in [0.717, 1.165) is 10.0 Å². The second-order valence-corrected chi connectivity index (χ2v) is 8.20. The number of carbonyl (C=O) groups is 1. The van der Waals surface area contributed by atoms with Gasteiger partial charge < -0.3 is 15.9 Å². The Hall–Kier alpha value is -2.52. The van der Waals surface area contributed by atoms with Gasteiger partial charge in [-0.15, -0.1) is 10.2 Å². The molecule has 28 heavy (non-hydrogen) atoms. The monoisotopic (exact) mass is 461 g/mol. The molecule has 1 atom stereocenters. The first-order valence-corrected chi connectivity index (χ1v) is 10.3. The first-order valence-electron chi connectivity index (χ1n) is 8.59. The lowest BCUT2D eigenvalue weighted by Crippen LogP contribution is -2.31. The fourth-order valence-corrected chi connectivity index (χ4v) is 3.52. The van der Waals surface area contributed by atoms with Crippen molar-refractivity contribution in [2.24, 2.45) is 0 Å². The standard InChI is InChI=1S/C19H20BrN5O2S/c1-13(18(26)22-11-14-6-3-2-4-7-14)28-19-24-23-17(25(19)21)12-27-16-9-5-8-15(20)10-16/h2-10,13H,11-12,21H2,1H3,(H,22,26). The van der Waals surface area contributed by atoms with Crippen LogP contribution in [0.5, 0.6) is 5.75 Å². The van der Waals surface area contributed by atoms with Gasteiger partial charge in [-0.2, -0.15) is 0 Å². The second kappa shape index (κ2) is 9.61. The number of benzene rings is 2. The molecule has 0 saturated carbocycles. The molecular formula is C19H20BrN5O2S. The number of rotatable bonds is 8. The van der Waals surface area contributed by atoms with Crippen molar-refractivity contribution in [3.8, 4) is 5.75 Å². The molecule has 1 unspecified atom stereocenters. The zero-order valence-electron chi connectivity index (χ0n) is 15.2. The molecule has 7 nitrogen and oxygen atoms in total. The molecule has 0 radical (unpaired) electrons. The number of halogens is 1. The summed E-state index contributed by atoms with van der Waals surface area (Å²) in [5, 5.41) is 11.1. The predicted molar refractivity (Wildman–Crippen MR) is 112 cm³/mol. The number of nitrogens with two attached hydrogens (primary N) is 1. The number of amides is 1. The molecule has 0 fully saturated rings. The van der Waals surface area contributed by atoms with Gasteiger partial charge >= 0.3 is 0 Å². The summed E-state index contributed by atoms with van der Waals surface area (Å²) in [7, 11) is 0. The number of carbonyl (C=O) groups excluding carboxylic acids is 1. The van der Waals surface area contributed by atoms with Crippen LogP contribution in [0.15, 0.2) is 64.2 Å². The number of nitrogens with zero attached hydrogens (tertiary/aromatic N) is 3. The second-order valence-electron chi connectivity index (χ2n) is 5.98. The lowest BCUT2D eigenvalue weighted by molar-refractivity contribution is -0.120. The fraction of sp³-hybridized carbons (Fsp3) is 0.211. The van der Waals surface area contributed by atoms with E-state index in [1.165, 1.54) is 16.4 Å². The lowest BCUT2D eigenvalue weighted by atomic mass is 10.2. The third-order valence-electron chi connectivity index (χ3n) is 3.86. The van der Waals surface area contributed by atoms with Crippen LogP contribution in [0.1, 0.15) is 18.3 Å². The Bertz CT molecular complexity index is 935. The summed E-state index contributed by atoms with van der Waals surface area (Å²) < 4.78 is 7.96. The Morgan fingerprint density at radius 1 is 1.25 bits per heavy atom. The van der Waals surface area contributed by atoms with E-state index < -0.39 is 0 Å². The van der Waals surface area contributed by atoms with Crippen molar-refractivity contribution < 1.29 is 9.53 Å². The summed E-state index contributed by atoms with van der Waals surface area (Å²) in [5.41, 5.74) is 1.04. The highest BCUT2D eigenvalue weighted by molar-refractivity contribution is 9.10. The number of ether oxygens (including phenoxy) is 1. The highest BCUT2D eigenvalue weighted by Crippen LogP contribution is 2.22. The Kier molecular flexibility index (Phi) is 6.94. The smallest absolute Gasteiger partial charge is 0.233 e. The van der Waals surface area contributed by atoms with E-state index in [1.54, 1.807) is 6.92 Å². The van der Waals surface area contributed by atoms with Gasteiger partial charge in [0.25, 0.3) is 0 Å². The lowest BCUT2D eigenvalue weighted by Gasteiger charge is -2.11. The quantitative estimate of drug-likeness (QED) is 0.395. The molecule has 9 heteroatoms. The van der Waals surface area contributed by atoms with Crippen LogP contribution < -0.4 is 15.9 Å². The molecule has 0 aliphatic rings. The van der Waals surface area contributed by atoms with Crippen molar-refractivity contribution in [3.63, 3.8) is 0 Å². The third-order valence-corrected chi connectivity index (χ3v) is 5.41. The number of nitrogen functional groups attached to an aromatic ring is 1. The Morgan fingerprint density at radius 2 is 2.04 bits per heavy atom. The van der Waals surface area contributed by atoms with E-state index in [-0.39, 0.29) is 17.8 Å². The van der Waals surface area contributed by atoms with Crippen LogP contribution in [-0.4, -0.2) is 26.0 Å². The maximum Gasteiger partial charge on any atom is 0.233 e. The molecule has 2 aromatic carbocycles. The summed E-state index contributed by atoms with van der Waals surface area (Å²) in [6.07, 6.45) is 0. The van der Waals surface area contributed by atoms with E-state index >= 15 is 0 Å². The number of hydrogen-bond donors (Lipinski definition) is 2. The molecule has 0 bridgehead atoms.